The lowest BCUT2D eigenvalue weighted by Crippen LogP contribution is -2.17. The maximum Gasteiger partial charge on any atom is 0.141 e. The summed E-state index contributed by atoms with van der Waals surface area (Å²) >= 11 is 7.65. The summed E-state index contributed by atoms with van der Waals surface area (Å²) in [5.41, 5.74) is 3.38. The van der Waals surface area contributed by atoms with E-state index in [1.165, 1.54) is 0 Å². The van der Waals surface area contributed by atoms with Gasteiger partial charge in [0.25, 0.3) is 0 Å². The van der Waals surface area contributed by atoms with Gasteiger partial charge in [-0.05, 0) is 17.7 Å². The number of benzene rings is 1. The van der Waals surface area contributed by atoms with E-state index in [2.05, 4.69) is 25.3 Å². The van der Waals surface area contributed by atoms with E-state index in [9.17, 15) is 0 Å². The van der Waals surface area contributed by atoms with Crippen molar-refractivity contribution in [3.8, 4) is 11.1 Å². The second kappa shape index (κ2) is 6.46. The maximum absolute atomic E-state index is 6.03. The van der Waals surface area contributed by atoms with E-state index in [0.29, 0.717) is 0 Å². The van der Waals surface area contributed by atoms with Gasteiger partial charge >= 0.3 is 0 Å². The third kappa shape index (κ3) is 3.10. The third-order valence-electron chi connectivity index (χ3n) is 4.05. The number of hydrogen-bond donors (Lipinski definition) is 0. The first-order valence-electron chi connectivity index (χ1n) is 7.78. The van der Waals surface area contributed by atoms with E-state index in [-0.39, 0.29) is 0 Å². The van der Waals surface area contributed by atoms with Gasteiger partial charge in [0.1, 0.15) is 17.0 Å². The molecule has 0 bridgehead atoms. The lowest BCUT2D eigenvalue weighted by molar-refractivity contribution is 0.766. The number of nitrogens with zero attached hydrogens (tertiary/aromatic N) is 5. The van der Waals surface area contributed by atoms with Crippen LogP contribution in [0.4, 0.5) is 5.82 Å². The largest absolute Gasteiger partial charge is 0.355 e. The number of fused-ring (bicyclic) bond motifs is 1. The van der Waals surface area contributed by atoms with Crippen molar-refractivity contribution in [1.29, 1.82) is 0 Å². The quantitative estimate of drug-likeness (QED) is 0.535. The van der Waals surface area contributed by atoms with Crippen LogP contribution in [0, 0.1) is 0 Å². The molecular weight excluding hydrogens is 354 g/mol. The van der Waals surface area contributed by atoms with Crippen LogP contribution in [0.5, 0.6) is 0 Å². The highest BCUT2D eigenvalue weighted by Crippen LogP contribution is 2.38. The highest BCUT2D eigenvalue weighted by atomic mass is 35.5. The smallest absolute Gasteiger partial charge is 0.141 e. The average molecular weight is 370 g/mol. The lowest BCUT2D eigenvalue weighted by atomic mass is 10.1. The highest BCUT2D eigenvalue weighted by Gasteiger charge is 2.16. The molecule has 0 radical (unpaired) electrons. The summed E-state index contributed by atoms with van der Waals surface area (Å²) in [6.07, 6.45) is 5.52. The molecule has 0 aliphatic heterocycles. The van der Waals surface area contributed by atoms with Crippen LogP contribution in [0.3, 0.4) is 0 Å². The molecule has 0 amide bonds. The zero-order chi connectivity index (χ0) is 17.4. The van der Waals surface area contributed by atoms with Gasteiger partial charge in [0, 0.05) is 48.4 Å². The maximum atomic E-state index is 6.03. The normalized spacial score (nSPS) is 11.2. The van der Waals surface area contributed by atoms with Gasteiger partial charge < -0.3 is 4.90 Å². The van der Waals surface area contributed by atoms with Crippen LogP contribution >= 0.6 is 22.9 Å². The van der Waals surface area contributed by atoms with Crippen LogP contribution in [0.25, 0.3) is 21.3 Å². The molecule has 0 aliphatic carbocycles. The first-order valence-corrected chi connectivity index (χ1v) is 9.04. The van der Waals surface area contributed by atoms with Crippen molar-refractivity contribution in [2.75, 3.05) is 11.9 Å². The second-order valence-electron chi connectivity index (χ2n) is 5.91. The van der Waals surface area contributed by atoms with E-state index in [0.717, 1.165) is 44.3 Å². The molecule has 0 aliphatic rings. The van der Waals surface area contributed by atoms with Crippen LogP contribution in [0.1, 0.15) is 5.56 Å². The molecule has 3 aromatic heterocycles. The standard InChI is InChI=1S/C18H16ClN5S/c1-23(8-12-7-22-24(2)9-12)17-16-15(10-25-18(16)21-11-20-17)13-3-5-14(19)6-4-13/h3-7,9-11H,8H2,1-2H3. The van der Waals surface area contributed by atoms with E-state index >= 15 is 0 Å². The number of anilines is 1. The summed E-state index contributed by atoms with van der Waals surface area (Å²) in [7, 11) is 3.96. The highest BCUT2D eigenvalue weighted by molar-refractivity contribution is 7.17. The second-order valence-corrected chi connectivity index (χ2v) is 7.21. The molecule has 25 heavy (non-hydrogen) atoms. The Morgan fingerprint density at radius 2 is 2.00 bits per heavy atom. The Bertz CT molecular complexity index is 1020. The molecule has 0 saturated heterocycles. The summed E-state index contributed by atoms with van der Waals surface area (Å²) in [6.45, 7) is 0.732. The summed E-state index contributed by atoms with van der Waals surface area (Å²) in [5.74, 6) is 0.917. The number of hydrogen-bond acceptors (Lipinski definition) is 5. The Morgan fingerprint density at radius 1 is 1.20 bits per heavy atom. The molecule has 0 N–H and O–H groups in total. The Hall–Kier alpha value is -2.44. The fourth-order valence-corrected chi connectivity index (χ4v) is 3.93. The van der Waals surface area contributed by atoms with Crippen LogP contribution < -0.4 is 4.90 Å². The van der Waals surface area contributed by atoms with Crippen molar-refractivity contribution >= 4 is 39.0 Å². The minimum absolute atomic E-state index is 0.730. The Kier molecular flexibility index (Phi) is 4.15. The molecule has 0 saturated carbocycles. The van der Waals surface area contributed by atoms with Crippen LogP contribution in [-0.4, -0.2) is 26.8 Å². The van der Waals surface area contributed by atoms with Gasteiger partial charge in [0.05, 0.1) is 11.6 Å². The van der Waals surface area contributed by atoms with Gasteiger partial charge in [-0.25, -0.2) is 9.97 Å². The summed E-state index contributed by atoms with van der Waals surface area (Å²) in [6, 6.07) is 7.87. The lowest BCUT2D eigenvalue weighted by Gasteiger charge is -2.18. The number of aromatic nitrogens is 4. The van der Waals surface area contributed by atoms with Crippen molar-refractivity contribution in [1.82, 2.24) is 19.7 Å². The molecular formula is C18H16ClN5S. The molecule has 3 heterocycles. The van der Waals surface area contributed by atoms with E-state index in [1.807, 2.05) is 55.4 Å². The van der Waals surface area contributed by atoms with Crippen molar-refractivity contribution in [2.24, 2.45) is 7.05 Å². The molecule has 0 atom stereocenters. The van der Waals surface area contributed by atoms with Gasteiger partial charge in [-0.2, -0.15) is 5.10 Å². The molecule has 5 nitrogen and oxygen atoms in total. The predicted molar refractivity (Wildman–Crippen MR) is 103 cm³/mol. The van der Waals surface area contributed by atoms with Gasteiger partial charge in [0.15, 0.2) is 0 Å². The van der Waals surface area contributed by atoms with Gasteiger partial charge in [-0.1, -0.05) is 23.7 Å². The number of rotatable bonds is 4. The van der Waals surface area contributed by atoms with Crippen molar-refractivity contribution in [3.05, 3.63) is 59.0 Å². The van der Waals surface area contributed by atoms with Crippen LogP contribution in [0.15, 0.2) is 48.4 Å². The SMILES string of the molecule is CN(Cc1cnn(C)c1)c1ncnc2scc(-c3ccc(Cl)cc3)c12. The van der Waals surface area contributed by atoms with E-state index in [1.54, 1.807) is 17.7 Å². The Morgan fingerprint density at radius 3 is 2.72 bits per heavy atom. The molecule has 4 aromatic rings. The number of halogens is 1. The zero-order valence-electron chi connectivity index (χ0n) is 13.8. The topological polar surface area (TPSA) is 46.8 Å². The van der Waals surface area contributed by atoms with E-state index in [4.69, 9.17) is 11.6 Å². The minimum atomic E-state index is 0.730. The number of thiophene rings is 1. The van der Waals surface area contributed by atoms with Gasteiger partial charge in [-0.15, -0.1) is 11.3 Å². The van der Waals surface area contributed by atoms with Gasteiger partial charge in [0.2, 0.25) is 0 Å². The van der Waals surface area contributed by atoms with Crippen LogP contribution in [0.2, 0.25) is 5.02 Å². The Labute approximate surface area is 154 Å². The molecule has 0 spiro atoms. The van der Waals surface area contributed by atoms with Crippen molar-refractivity contribution in [3.63, 3.8) is 0 Å². The first-order chi connectivity index (χ1) is 12.1. The first kappa shape index (κ1) is 16.1. The fourth-order valence-electron chi connectivity index (χ4n) is 2.89. The van der Waals surface area contributed by atoms with Gasteiger partial charge in [-0.3, -0.25) is 4.68 Å². The minimum Gasteiger partial charge on any atom is -0.355 e. The molecule has 1 aromatic carbocycles. The third-order valence-corrected chi connectivity index (χ3v) is 5.18. The Balaban J connectivity index is 1.78. The molecule has 0 fully saturated rings. The summed E-state index contributed by atoms with van der Waals surface area (Å²) in [4.78, 5) is 12.1. The van der Waals surface area contributed by atoms with Crippen LogP contribution in [-0.2, 0) is 13.6 Å². The van der Waals surface area contributed by atoms with E-state index < -0.39 is 0 Å². The number of aryl methyl sites for hydroxylation is 1. The molecule has 7 heteroatoms. The average Bonchev–Trinajstić information content (AvgIpc) is 3.21. The predicted octanol–water partition coefficient (Wildman–Crippen LogP) is 4.38. The summed E-state index contributed by atoms with van der Waals surface area (Å²) < 4.78 is 1.81. The molecule has 126 valence electrons. The zero-order valence-corrected chi connectivity index (χ0v) is 15.4. The fraction of sp³-hybridized carbons (Fsp3) is 0.167. The summed E-state index contributed by atoms with van der Waals surface area (Å²) in [5, 5.41) is 8.17. The monoisotopic (exact) mass is 369 g/mol. The molecule has 0 unspecified atom stereocenters. The molecule has 4 rings (SSSR count). The van der Waals surface area contributed by atoms with Crippen molar-refractivity contribution in [2.45, 2.75) is 6.54 Å². The van der Waals surface area contributed by atoms with Crippen molar-refractivity contribution < 1.29 is 0 Å².